The maximum atomic E-state index is 11.1. The van der Waals surface area contributed by atoms with Gasteiger partial charge in [-0.1, -0.05) is 41.9 Å². The molecule has 4 nitrogen and oxygen atoms in total. The maximum Gasteiger partial charge on any atom is 0.405 e. The summed E-state index contributed by atoms with van der Waals surface area (Å²) in [7, 11) is 0. The van der Waals surface area contributed by atoms with Crippen molar-refractivity contribution in [2.75, 3.05) is 0 Å². The van der Waals surface area contributed by atoms with E-state index >= 15 is 0 Å². The Morgan fingerprint density at radius 2 is 2.04 bits per heavy atom. The van der Waals surface area contributed by atoms with Crippen molar-refractivity contribution in [2.45, 2.75) is 25.0 Å². The molecule has 2 atom stereocenters. The van der Waals surface area contributed by atoms with Crippen molar-refractivity contribution in [3.05, 3.63) is 63.1 Å². The summed E-state index contributed by atoms with van der Waals surface area (Å²) in [5.41, 5.74) is 1.05. The van der Waals surface area contributed by atoms with Gasteiger partial charge in [0.05, 0.1) is 11.1 Å². The fourth-order valence-electron chi connectivity index (χ4n) is 3.00. The minimum atomic E-state index is -1.08. The number of hydrogen-bond acceptors (Lipinski definition) is 2. The molecule has 23 heavy (non-hydrogen) atoms. The van der Waals surface area contributed by atoms with Gasteiger partial charge in [-0.3, -0.25) is 0 Å². The van der Waals surface area contributed by atoms with Crippen LogP contribution in [0.4, 0.5) is 4.79 Å². The zero-order valence-corrected chi connectivity index (χ0v) is 14.7. The molecule has 2 N–H and O–H groups in total. The number of carbonyl (C=O) groups is 1. The average Bonchev–Trinajstić information content (AvgIpc) is 2.93. The van der Waals surface area contributed by atoms with E-state index in [1.165, 1.54) is 0 Å². The third-order valence-corrected chi connectivity index (χ3v) is 5.64. The Kier molecular flexibility index (Phi) is 4.25. The summed E-state index contributed by atoms with van der Waals surface area (Å²) in [5, 5.41) is 12.3. The fourth-order valence-corrected chi connectivity index (χ4v) is 3.65. The number of fused-ring (bicyclic) bond motifs is 1. The van der Waals surface area contributed by atoms with Crippen LogP contribution in [-0.4, -0.2) is 17.2 Å². The summed E-state index contributed by atoms with van der Waals surface area (Å²) < 4.78 is 7.05. The molecular weight excluding hydrogens is 382 g/mol. The molecule has 6 heteroatoms. The van der Waals surface area contributed by atoms with Crippen molar-refractivity contribution in [2.24, 2.45) is 0 Å². The third kappa shape index (κ3) is 2.79. The topological polar surface area (TPSA) is 58.6 Å². The smallest absolute Gasteiger partial charge is 0.405 e. The molecule has 2 aromatic carbocycles. The van der Waals surface area contributed by atoms with Crippen molar-refractivity contribution < 1.29 is 14.6 Å². The highest BCUT2D eigenvalue weighted by molar-refractivity contribution is 9.10. The third-order valence-electron chi connectivity index (χ3n) is 4.19. The first-order chi connectivity index (χ1) is 10.9. The molecule has 0 bridgehead atoms. The van der Waals surface area contributed by atoms with Gasteiger partial charge < -0.3 is 15.2 Å². The second-order valence-corrected chi connectivity index (χ2v) is 6.74. The minimum Gasteiger partial charge on any atom is -0.480 e. The van der Waals surface area contributed by atoms with Gasteiger partial charge in [-0.2, -0.15) is 0 Å². The Balaban J connectivity index is 2.09. The van der Waals surface area contributed by atoms with Crippen LogP contribution in [0, 0.1) is 0 Å². The van der Waals surface area contributed by atoms with Gasteiger partial charge in [0.2, 0.25) is 0 Å². The molecule has 1 heterocycles. The van der Waals surface area contributed by atoms with E-state index in [0.717, 1.165) is 15.6 Å². The average molecular weight is 397 g/mol. The number of ether oxygens (including phenoxy) is 1. The van der Waals surface area contributed by atoms with Crippen LogP contribution in [0.25, 0.3) is 0 Å². The molecule has 2 aromatic rings. The fraction of sp³-hybridized carbons (Fsp3) is 0.235. The largest absolute Gasteiger partial charge is 0.480 e. The van der Waals surface area contributed by atoms with E-state index in [9.17, 15) is 4.79 Å². The number of carboxylic acid groups (broad SMARTS) is 1. The second-order valence-electron chi connectivity index (χ2n) is 5.54. The number of benzene rings is 2. The highest BCUT2D eigenvalue weighted by Gasteiger charge is 2.47. The Bertz CT molecular complexity index is 753. The van der Waals surface area contributed by atoms with Crippen LogP contribution >= 0.6 is 27.5 Å². The van der Waals surface area contributed by atoms with Crippen LogP contribution in [-0.2, 0) is 12.0 Å². The van der Waals surface area contributed by atoms with Crippen molar-refractivity contribution in [3.8, 4) is 5.75 Å². The molecule has 0 aliphatic carbocycles. The molecule has 0 aromatic heterocycles. The van der Waals surface area contributed by atoms with Gasteiger partial charge in [0.1, 0.15) is 5.75 Å². The SMILES string of the molecule is CC(NC(=O)O)[C@@]1(c2ccccc2)Cc2c(ccc(Cl)c2Br)O1. The van der Waals surface area contributed by atoms with Crippen molar-refractivity contribution in [3.63, 3.8) is 0 Å². The van der Waals surface area contributed by atoms with E-state index in [1.807, 2.05) is 43.3 Å². The minimum absolute atomic E-state index is 0.444. The molecular formula is C17H15BrClNO3. The van der Waals surface area contributed by atoms with Crippen LogP contribution in [0.5, 0.6) is 5.75 Å². The first-order valence-corrected chi connectivity index (χ1v) is 8.32. The molecule has 120 valence electrons. The summed E-state index contributed by atoms with van der Waals surface area (Å²) in [6.07, 6.45) is -0.556. The molecule has 0 fully saturated rings. The lowest BCUT2D eigenvalue weighted by molar-refractivity contribution is 0.0532. The van der Waals surface area contributed by atoms with E-state index in [1.54, 1.807) is 6.07 Å². The Morgan fingerprint density at radius 3 is 2.70 bits per heavy atom. The van der Waals surface area contributed by atoms with E-state index in [2.05, 4.69) is 21.2 Å². The summed E-state index contributed by atoms with van der Waals surface area (Å²) >= 11 is 9.69. The first kappa shape index (κ1) is 16.1. The Labute approximate surface area is 147 Å². The van der Waals surface area contributed by atoms with Gasteiger partial charge in [-0.05, 0) is 40.5 Å². The van der Waals surface area contributed by atoms with E-state index in [4.69, 9.17) is 21.4 Å². The second kappa shape index (κ2) is 6.06. The molecule has 0 spiro atoms. The monoisotopic (exact) mass is 395 g/mol. The van der Waals surface area contributed by atoms with Gasteiger partial charge in [0, 0.05) is 16.5 Å². The lowest BCUT2D eigenvalue weighted by Gasteiger charge is -2.35. The van der Waals surface area contributed by atoms with Gasteiger partial charge in [0.25, 0.3) is 0 Å². The highest BCUT2D eigenvalue weighted by Crippen LogP contribution is 2.47. The molecule has 3 rings (SSSR count). The van der Waals surface area contributed by atoms with E-state index < -0.39 is 17.7 Å². The van der Waals surface area contributed by atoms with E-state index in [0.29, 0.717) is 17.2 Å². The van der Waals surface area contributed by atoms with Crippen LogP contribution in [0.1, 0.15) is 18.1 Å². The van der Waals surface area contributed by atoms with Crippen LogP contribution in [0.15, 0.2) is 46.9 Å². The van der Waals surface area contributed by atoms with Crippen molar-refractivity contribution in [1.29, 1.82) is 0 Å². The molecule has 0 saturated heterocycles. The number of rotatable bonds is 3. The molecule has 0 saturated carbocycles. The number of halogens is 2. The predicted molar refractivity (Wildman–Crippen MR) is 92.2 cm³/mol. The van der Waals surface area contributed by atoms with Crippen LogP contribution in [0.2, 0.25) is 5.02 Å². The number of hydrogen-bond donors (Lipinski definition) is 2. The standard InChI is InChI=1S/C17H15BrClNO3/c1-10(20-16(21)22)17(11-5-3-2-4-6-11)9-12-14(23-17)8-7-13(19)15(12)18/h2-8,10,20H,9H2,1H3,(H,21,22)/t10?,17-/m1/s1. The molecule has 1 aliphatic rings. The number of amides is 1. The lowest BCUT2D eigenvalue weighted by atomic mass is 9.83. The summed E-state index contributed by atoms with van der Waals surface area (Å²) in [4.78, 5) is 11.1. The summed E-state index contributed by atoms with van der Waals surface area (Å²) in [5.74, 6) is 0.712. The summed E-state index contributed by atoms with van der Waals surface area (Å²) in [6.45, 7) is 1.81. The van der Waals surface area contributed by atoms with Gasteiger partial charge >= 0.3 is 6.09 Å². The predicted octanol–water partition coefficient (Wildman–Crippen LogP) is 4.59. The molecule has 1 unspecified atom stereocenters. The Morgan fingerprint density at radius 1 is 1.35 bits per heavy atom. The molecule has 1 aliphatic heterocycles. The van der Waals surface area contributed by atoms with Crippen LogP contribution in [0.3, 0.4) is 0 Å². The normalized spacial score (nSPS) is 20.5. The first-order valence-electron chi connectivity index (χ1n) is 7.15. The maximum absolute atomic E-state index is 11.1. The van der Waals surface area contributed by atoms with E-state index in [-0.39, 0.29) is 0 Å². The quantitative estimate of drug-likeness (QED) is 0.798. The zero-order chi connectivity index (χ0) is 16.6. The zero-order valence-electron chi connectivity index (χ0n) is 12.3. The van der Waals surface area contributed by atoms with Gasteiger partial charge in [-0.25, -0.2) is 4.79 Å². The Hall–Kier alpha value is -1.72. The summed E-state index contributed by atoms with van der Waals surface area (Å²) in [6, 6.07) is 12.8. The highest BCUT2D eigenvalue weighted by atomic mass is 79.9. The molecule has 1 amide bonds. The lowest BCUT2D eigenvalue weighted by Crippen LogP contribution is -2.51. The van der Waals surface area contributed by atoms with Gasteiger partial charge in [0.15, 0.2) is 5.60 Å². The van der Waals surface area contributed by atoms with Crippen LogP contribution < -0.4 is 10.1 Å². The van der Waals surface area contributed by atoms with Crippen molar-refractivity contribution in [1.82, 2.24) is 5.32 Å². The molecule has 0 radical (unpaired) electrons. The van der Waals surface area contributed by atoms with Gasteiger partial charge in [-0.15, -0.1) is 0 Å². The number of nitrogens with one attached hydrogen (secondary N) is 1. The van der Waals surface area contributed by atoms with Crippen molar-refractivity contribution >= 4 is 33.6 Å².